The summed E-state index contributed by atoms with van der Waals surface area (Å²) in [5.74, 6) is 0. The molecule has 0 aliphatic carbocycles. The molecular formula is C9H9Cl. The lowest BCUT2D eigenvalue weighted by Gasteiger charge is -2.01. The third kappa shape index (κ3) is 1.74. The summed E-state index contributed by atoms with van der Waals surface area (Å²) in [7, 11) is 0. The fourth-order valence-electron chi connectivity index (χ4n) is 0.771. The van der Waals surface area contributed by atoms with E-state index >= 15 is 0 Å². The second-order valence-corrected chi connectivity index (χ2v) is 2.99. The van der Waals surface area contributed by atoms with E-state index in [9.17, 15) is 0 Å². The Labute approximate surface area is 66.8 Å². The Kier molecular flexibility index (Phi) is 2.34. The van der Waals surface area contributed by atoms with Gasteiger partial charge in [-0.3, -0.25) is 0 Å². The lowest BCUT2D eigenvalue weighted by atomic mass is 10.1. The van der Waals surface area contributed by atoms with Crippen LogP contribution in [0.1, 0.15) is 23.4 Å². The largest absolute Gasteiger partial charge is 0.118 e. The van der Waals surface area contributed by atoms with E-state index in [0.29, 0.717) is 0 Å². The summed E-state index contributed by atoms with van der Waals surface area (Å²) in [4.78, 5) is 0. The van der Waals surface area contributed by atoms with Crippen molar-refractivity contribution in [3.8, 4) is 0 Å². The summed E-state index contributed by atoms with van der Waals surface area (Å²) in [5.41, 5.74) is 2.10. The average Bonchev–Trinajstić information content (AvgIpc) is 1.88. The van der Waals surface area contributed by atoms with E-state index in [4.69, 9.17) is 11.6 Å². The van der Waals surface area contributed by atoms with Crippen LogP contribution in [0, 0.1) is 19.1 Å². The Bertz CT molecular complexity index is 216. The van der Waals surface area contributed by atoms with Gasteiger partial charge in [0.15, 0.2) is 0 Å². The third-order valence-corrected chi connectivity index (χ3v) is 1.54. The zero-order valence-corrected chi connectivity index (χ0v) is 6.87. The van der Waals surface area contributed by atoms with Gasteiger partial charge in [0.1, 0.15) is 0 Å². The number of rotatable bonds is 1. The smallest absolute Gasteiger partial charge is 0.0563 e. The molecule has 10 heavy (non-hydrogen) atoms. The molecule has 1 atom stereocenters. The van der Waals surface area contributed by atoms with Crippen LogP contribution in [0.5, 0.6) is 0 Å². The number of benzene rings is 1. The first-order chi connectivity index (χ1) is 4.70. The van der Waals surface area contributed by atoms with Crippen LogP contribution >= 0.6 is 11.6 Å². The molecular weight excluding hydrogens is 144 g/mol. The molecule has 0 aliphatic heterocycles. The number of alkyl halides is 1. The molecule has 0 amide bonds. The molecule has 0 aliphatic rings. The minimum absolute atomic E-state index is 0.0381. The molecule has 0 nitrogen and oxygen atoms in total. The van der Waals surface area contributed by atoms with E-state index in [0.717, 1.165) is 11.1 Å². The second-order valence-electron chi connectivity index (χ2n) is 2.33. The Morgan fingerprint density at radius 1 is 1.50 bits per heavy atom. The van der Waals surface area contributed by atoms with Gasteiger partial charge >= 0.3 is 0 Å². The molecule has 2 radical (unpaired) electrons. The predicted molar refractivity (Wildman–Crippen MR) is 43.1 cm³/mol. The van der Waals surface area contributed by atoms with Crippen LogP contribution in [0.3, 0.4) is 0 Å². The van der Waals surface area contributed by atoms with Crippen molar-refractivity contribution in [3.63, 3.8) is 0 Å². The molecule has 1 unspecified atom stereocenters. The molecule has 0 bridgehead atoms. The average molecular weight is 153 g/mol. The van der Waals surface area contributed by atoms with E-state index in [-0.39, 0.29) is 5.38 Å². The highest BCUT2D eigenvalue weighted by Crippen LogP contribution is 2.18. The molecule has 1 heteroatoms. The van der Waals surface area contributed by atoms with E-state index in [1.807, 2.05) is 26.0 Å². The topological polar surface area (TPSA) is 0 Å². The minimum atomic E-state index is 0.0381. The molecule has 0 heterocycles. The number of halogens is 1. The summed E-state index contributed by atoms with van der Waals surface area (Å²) >= 11 is 5.82. The van der Waals surface area contributed by atoms with Crippen molar-refractivity contribution in [2.75, 3.05) is 0 Å². The van der Waals surface area contributed by atoms with Gasteiger partial charge in [-0.1, -0.05) is 6.07 Å². The van der Waals surface area contributed by atoms with E-state index in [1.54, 1.807) is 0 Å². The Morgan fingerprint density at radius 2 is 2.20 bits per heavy atom. The number of aryl methyl sites for hydroxylation is 1. The lowest BCUT2D eigenvalue weighted by Crippen LogP contribution is -1.84. The van der Waals surface area contributed by atoms with E-state index in [1.165, 1.54) is 0 Å². The Hall–Kier alpha value is -0.490. The molecule has 0 fully saturated rings. The van der Waals surface area contributed by atoms with Gasteiger partial charge in [-0.25, -0.2) is 0 Å². The van der Waals surface area contributed by atoms with Crippen LogP contribution in [0.2, 0.25) is 0 Å². The van der Waals surface area contributed by atoms with Crippen molar-refractivity contribution in [1.82, 2.24) is 0 Å². The highest BCUT2D eigenvalue weighted by Gasteiger charge is 1.99. The van der Waals surface area contributed by atoms with E-state index in [2.05, 4.69) is 12.1 Å². The molecule has 0 N–H and O–H groups in total. The van der Waals surface area contributed by atoms with Gasteiger partial charge in [-0.05, 0) is 43.2 Å². The Balaban J connectivity index is 2.96. The molecule has 0 saturated heterocycles. The summed E-state index contributed by atoms with van der Waals surface area (Å²) < 4.78 is 0. The van der Waals surface area contributed by atoms with E-state index < -0.39 is 0 Å². The van der Waals surface area contributed by atoms with Crippen LogP contribution < -0.4 is 0 Å². The molecule has 1 rings (SSSR count). The zero-order chi connectivity index (χ0) is 7.56. The minimum Gasteiger partial charge on any atom is -0.118 e. The van der Waals surface area contributed by atoms with Crippen molar-refractivity contribution in [3.05, 3.63) is 35.4 Å². The van der Waals surface area contributed by atoms with Crippen LogP contribution in [0.4, 0.5) is 0 Å². The van der Waals surface area contributed by atoms with Gasteiger partial charge in [0.25, 0.3) is 0 Å². The highest BCUT2D eigenvalue weighted by molar-refractivity contribution is 6.20. The zero-order valence-electron chi connectivity index (χ0n) is 6.11. The van der Waals surface area contributed by atoms with Gasteiger partial charge in [0.05, 0.1) is 5.38 Å². The quantitative estimate of drug-likeness (QED) is 0.543. The maximum absolute atomic E-state index is 5.82. The van der Waals surface area contributed by atoms with Crippen LogP contribution in [0.25, 0.3) is 0 Å². The first kappa shape index (κ1) is 7.62. The molecule has 0 saturated carbocycles. The van der Waals surface area contributed by atoms with Crippen molar-refractivity contribution in [2.24, 2.45) is 0 Å². The lowest BCUT2D eigenvalue weighted by molar-refractivity contribution is 1.07. The normalized spacial score (nSPS) is 13.1. The number of hydrogen-bond acceptors (Lipinski definition) is 0. The van der Waals surface area contributed by atoms with Crippen molar-refractivity contribution < 1.29 is 0 Å². The summed E-state index contributed by atoms with van der Waals surface area (Å²) in [6, 6.07) is 9.90. The second kappa shape index (κ2) is 3.07. The molecule has 0 aromatic heterocycles. The van der Waals surface area contributed by atoms with Crippen molar-refractivity contribution in [2.45, 2.75) is 19.2 Å². The fraction of sp³-hybridized carbons (Fsp3) is 0.333. The maximum Gasteiger partial charge on any atom is 0.0563 e. The first-order valence-corrected chi connectivity index (χ1v) is 3.68. The van der Waals surface area contributed by atoms with Gasteiger partial charge in [0.2, 0.25) is 0 Å². The van der Waals surface area contributed by atoms with Gasteiger partial charge in [-0.2, -0.15) is 0 Å². The summed E-state index contributed by atoms with van der Waals surface area (Å²) in [6.45, 7) is 3.92. The molecule has 1 aromatic carbocycles. The Morgan fingerprint density at radius 3 is 2.60 bits per heavy atom. The van der Waals surface area contributed by atoms with Crippen molar-refractivity contribution >= 4 is 11.6 Å². The fourth-order valence-corrected chi connectivity index (χ4v) is 0.888. The number of hydrogen-bond donors (Lipinski definition) is 0. The summed E-state index contributed by atoms with van der Waals surface area (Å²) in [5, 5.41) is 0.0381. The SMILES string of the molecule is Cc1[c]c(C(C)Cl)c[c]c1. The van der Waals surface area contributed by atoms with Crippen molar-refractivity contribution in [1.29, 1.82) is 0 Å². The van der Waals surface area contributed by atoms with Gasteiger partial charge in [0, 0.05) is 0 Å². The molecule has 1 aromatic rings. The van der Waals surface area contributed by atoms with Gasteiger partial charge in [-0.15, -0.1) is 11.6 Å². The molecule has 52 valence electrons. The predicted octanol–water partition coefficient (Wildman–Crippen LogP) is 2.90. The third-order valence-electron chi connectivity index (χ3n) is 1.31. The standard InChI is InChI=1S/C9H9Cl/c1-7-4-3-5-9(6-7)8(2)10/h4-5,8H,1-2H3. The maximum atomic E-state index is 5.82. The van der Waals surface area contributed by atoms with Crippen LogP contribution in [0.15, 0.2) is 12.1 Å². The van der Waals surface area contributed by atoms with Gasteiger partial charge < -0.3 is 0 Å². The first-order valence-electron chi connectivity index (χ1n) is 3.24. The van der Waals surface area contributed by atoms with Crippen LogP contribution in [-0.4, -0.2) is 0 Å². The monoisotopic (exact) mass is 152 g/mol. The highest BCUT2D eigenvalue weighted by atomic mass is 35.5. The van der Waals surface area contributed by atoms with Crippen LogP contribution in [-0.2, 0) is 0 Å². The molecule has 0 spiro atoms. The summed E-state index contributed by atoms with van der Waals surface area (Å²) in [6.07, 6.45) is 0.